The van der Waals surface area contributed by atoms with Gasteiger partial charge < -0.3 is 15.1 Å². The molecule has 1 fully saturated rings. The summed E-state index contributed by atoms with van der Waals surface area (Å²) < 4.78 is 0. The van der Waals surface area contributed by atoms with E-state index in [1.807, 2.05) is 48.5 Å². The van der Waals surface area contributed by atoms with E-state index in [9.17, 15) is 9.59 Å². The molecule has 2 amide bonds. The molecule has 2 aromatic rings. The fourth-order valence-electron chi connectivity index (χ4n) is 5.01. The third-order valence-corrected chi connectivity index (χ3v) is 7.92. The molecule has 1 aliphatic heterocycles. The van der Waals surface area contributed by atoms with Crippen molar-refractivity contribution in [3.05, 3.63) is 69.7 Å². The second-order valence-corrected chi connectivity index (χ2v) is 10.5. The number of rotatable bonds is 12. The number of halogens is 2. The minimum Gasteiger partial charge on any atom is -0.352 e. The molecule has 36 heavy (non-hydrogen) atoms. The van der Waals surface area contributed by atoms with Gasteiger partial charge in [0.2, 0.25) is 5.91 Å². The summed E-state index contributed by atoms with van der Waals surface area (Å²) in [4.78, 5) is 29.2. The number of likely N-dealkylation sites (tertiary alicyclic amines) is 1. The highest BCUT2D eigenvalue weighted by Crippen LogP contribution is 2.30. The predicted octanol–water partition coefficient (Wildman–Crippen LogP) is 6.40. The minimum absolute atomic E-state index is 0.0522. The van der Waals surface area contributed by atoms with Gasteiger partial charge in [0.25, 0.3) is 5.91 Å². The minimum atomic E-state index is -0.0522. The zero-order chi connectivity index (χ0) is 25.9. The average Bonchev–Trinajstić information content (AvgIpc) is 2.89. The Morgan fingerprint density at radius 3 is 2.42 bits per heavy atom. The predicted molar refractivity (Wildman–Crippen MR) is 149 cm³/mol. The van der Waals surface area contributed by atoms with E-state index in [2.05, 4.69) is 22.0 Å². The molecular weight excluding hydrogens is 493 g/mol. The highest BCUT2D eigenvalue weighted by Gasteiger charge is 2.26. The number of carbonyl (C=O) groups excluding carboxylic acids is 2. The van der Waals surface area contributed by atoms with Crippen LogP contribution in [0.3, 0.4) is 0 Å². The maximum absolute atomic E-state index is 12.5. The summed E-state index contributed by atoms with van der Waals surface area (Å²) in [6.45, 7) is 8.28. The number of hydrogen-bond donors (Lipinski definition) is 1. The zero-order valence-electron chi connectivity index (χ0n) is 21.5. The van der Waals surface area contributed by atoms with Crippen LogP contribution < -0.4 is 5.32 Å². The third kappa shape index (κ3) is 8.50. The molecule has 1 unspecified atom stereocenters. The summed E-state index contributed by atoms with van der Waals surface area (Å²) in [6, 6.07) is 15.5. The Bertz CT molecular complexity index is 978. The van der Waals surface area contributed by atoms with Gasteiger partial charge in [0.05, 0.1) is 10.0 Å². The van der Waals surface area contributed by atoms with Gasteiger partial charge in [0.15, 0.2) is 0 Å². The zero-order valence-corrected chi connectivity index (χ0v) is 23.0. The standard InChI is InChI=1S/C29H39Cl2N3O2/c1-3-4-17-34(22(2)35)26-14-19-33(20-15-26)18-13-23(25-10-11-27(30)28(31)21-25)12-16-32-29(36)24-8-6-5-7-9-24/h5-11,21,23,26H,3-4,12-20H2,1-2H3,(H,32,36). The van der Waals surface area contributed by atoms with Crippen molar-refractivity contribution in [2.75, 3.05) is 32.7 Å². The molecule has 0 aromatic heterocycles. The van der Waals surface area contributed by atoms with Gasteiger partial charge in [-0.2, -0.15) is 0 Å². The lowest BCUT2D eigenvalue weighted by Gasteiger charge is -2.38. The Morgan fingerprint density at radius 1 is 1.06 bits per heavy atom. The molecule has 7 heteroatoms. The first-order chi connectivity index (χ1) is 17.4. The van der Waals surface area contributed by atoms with Crippen molar-refractivity contribution in [3.8, 4) is 0 Å². The molecule has 0 aliphatic carbocycles. The molecule has 1 atom stereocenters. The van der Waals surface area contributed by atoms with E-state index in [1.54, 1.807) is 6.92 Å². The number of amides is 2. The van der Waals surface area contributed by atoms with E-state index < -0.39 is 0 Å². The molecule has 3 rings (SSSR count). The van der Waals surface area contributed by atoms with Crippen molar-refractivity contribution in [2.45, 2.75) is 64.3 Å². The van der Waals surface area contributed by atoms with Crippen molar-refractivity contribution in [1.82, 2.24) is 15.1 Å². The molecular formula is C29H39Cl2N3O2. The number of carbonyl (C=O) groups is 2. The lowest BCUT2D eigenvalue weighted by atomic mass is 9.91. The van der Waals surface area contributed by atoms with Crippen LogP contribution in [0, 0.1) is 0 Å². The van der Waals surface area contributed by atoms with E-state index in [0.29, 0.717) is 28.2 Å². The number of nitrogens with zero attached hydrogens (tertiary/aromatic N) is 2. The molecule has 1 saturated heterocycles. The van der Waals surface area contributed by atoms with Crippen LogP contribution in [0.2, 0.25) is 10.0 Å². The van der Waals surface area contributed by atoms with Crippen LogP contribution in [0.5, 0.6) is 0 Å². The van der Waals surface area contributed by atoms with Crippen molar-refractivity contribution in [3.63, 3.8) is 0 Å². The van der Waals surface area contributed by atoms with Crippen LogP contribution in [0.25, 0.3) is 0 Å². The summed E-state index contributed by atoms with van der Waals surface area (Å²) in [7, 11) is 0. The third-order valence-electron chi connectivity index (χ3n) is 7.18. The molecule has 1 aliphatic rings. The lowest BCUT2D eigenvalue weighted by Crippen LogP contribution is -2.47. The molecule has 0 spiro atoms. The number of piperidine rings is 1. The van der Waals surface area contributed by atoms with Crippen molar-refractivity contribution in [2.24, 2.45) is 0 Å². The van der Waals surface area contributed by atoms with Gasteiger partial charge in [-0.25, -0.2) is 0 Å². The number of nitrogens with one attached hydrogen (secondary N) is 1. The Kier molecular flexibility index (Phi) is 11.6. The number of hydrogen-bond acceptors (Lipinski definition) is 3. The summed E-state index contributed by atoms with van der Waals surface area (Å²) in [6.07, 6.45) is 6.00. The van der Waals surface area contributed by atoms with Crippen LogP contribution >= 0.6 is 23.2 Å². The van der Waals surface area contributed by atoms with Crippen LogP contribution in [0.1, 0.15) is 74.2 Å². The summed E-state index contributed by atoms with van der Waals surface area (Å²) in [5.41, 5.74) is 1.82. The van der Waals surface area contributed by atoms with E-state index in [-0.39, 0.29) is 17.7 Å². The Labute approximate surface area is 226 Å². The molecule has 1 heterocycles. The molecule has 2 aromatic carbocycles. The lowest BCUT2D eigenvalue weighted by molar-refractivity contribution is -0.132. The first kappa shape index (κ1) is 28.5. The Morgan fingerprint density at radius 2 is 1.78 bits per heavy atom. The van der Waals surface area contributed by atoms with Gasteiger partial charge in [-0.1, -0.05) is 60.8 Å². The highest BCUT2D eigenvalue weighted by atomic mass is 35.5. The first-order valence-corrected chi connectivity index (χ1v) is 13.9. The quantitative estimate of drug-likeness (QED) is 0.344. The number of benzene rings is 2. The van der Waals surface area contributed by atoms with E-state index in [1.165, 1.54) is 0 Å². The second kappa shape index (κ2) is 14.6. The molecule has 5 nitrogen and oxygen atoms in total. The van der Waals surface area contributed by atoms with Crippen molar-refractivity contribution in [1.29, 1.82) is 0 Å². The van der Waals surface area contributed by atoms with E-state index in [0.717, 1.165) is 70.3 Å². The largest absolute Gasteiger partial charge is 0.352 e. The van der Waals surface area contributed by atoms with Gasteiger partial charge in [0.1, 0.15) is 0 Å². The van der Waals surface area contributed by atoms with E-state index >= 15 is 0 Å². The van der Waals surface area contributed by atoms with E-state index in [4.69, 9.17) is 23.2 Å². The molecule has 0 saturated carbocycles. The maximum Gasteiger partial charge on any atom is 0.251 e. The summed E-state index contributed by atoms with van der Waals surface area (Å²) in [5, 5.41) is 4.17. The molecule has 0 radical (unpaired) electrons. The second-order valence-electron chi connectivity index (χ2n) is 9.71. The first-order valence-electron chi connectivity index (χ1n) is 13.2. The molecule has 1 N–H and O–H groups in total. The summed E-state index contributed by atoms with van der Waals surface area (Å²) >= 11 is 12.5. The van der Waals surface area contributed by atoms with Crippen molar-refractivity contribution >= 4 is 35.0 Å². The van der Waals surface area contributed by atoms with Gasteiger partial charge in [-0.05, 0) is 74.4 Å². The SMILES string of the molecule is CCCCN(C(C)=O)C1CCN(CCC(CCNC(=O)c2ccccc2)c2ccc(Cl)c(Cl)c2)CC1. The van der Waals surface area contributed by atoms with Crippen LogP contribution in [0.4, 0.5) is 0 Å². The molecule has 196 valence electrons. The van der Waals surface area contributed by atoms with Gasteiger partial charge in [-0.3, -0.25) is 9.59 Å². The fourth-order valence-corrected chi connectivity index (χ4v) is 5.32. The smallest absolute Gasteiger partial charge is 0.251 e. The fraction of sp³-hybridized carbons (Fsp3) is 0.517. The topological polar surface area (TPSA) is 52.7 Å². The van der Waals surface area contributed by atoms with Crippen LogP contribution in [0.15, 0.2) is 48.5 Å². The maximum atomic E-state index is 12.5. The van der Waals surface area contributed by atoms with Gasteiger partial charge >= 0.3 is 0 Å². The van der Waals surface area contributed by atoms with Gasteiger partial charge in [0, 0.05) is 44.7 Å². The van der Waals surface area contributed by atoms with Crippen LogP contribution in [-0.2, 0) is 4.79 Å². The van der Waals surface area contributed by atoms with Crippen LogP contribution in [-0.4, -0.2) is 60.4 Å². The average molecular weight is 533 g/mol. The highest BCUT2D eigenvalue weighted by molar-refractivity contribution is 6.42. The van der Waals surface area contributed by atoms with Crippen molar-refractivity contribution < 1.29 is 9.59 Å². The number of unbranched alkanes of at least 4 members (excludes halogenated alkanes) is 1. The summed E-state index contributed by atoms with van der Waals surface area (Å²) in [5.74, 6) is 0.398. The molecule has 0 bridgehead atoms. The Hall–Kier alpha value is -2.08. The normalized spacial score (nSPS) is 15.4. The van der Waals surface area contributed by atoms with Gasteiger partial charge in [-0.15, -0.1) is 0 Å². The monoisotopic (exact) mass is 531 g/mol. The Balaban J connectivity index is 1.55.